The molecule has 3 heterocycles. The second-order valence-electron chi connectivity index (χ2n) is 6.85. The minimum Gasteiger partial charge on any atom is -0.486 e. The molecule has 1 atom stereocenters. The molecule has 1 aromatic heterocycles. The summed E-state index contributed by atoms with van der Waals surface area (Å²) in [4.78, 5) is 4.53. The molecule has 2 aromatic carbocycles. The number of fused-ring (bicyclic) bond motifs is 1. The summed E-state index contributed by atoms with van der Waals surface area (Å²) >= 11 is 0. The van der Waals surface area contributed by atoms with Gasteiger partial charge in [0, 0.05) is 24.7 Å². The number of hydrogen-bond donors (Lipinski definition) is 0. The van der Waals surface area contributed by atoms with Crippen LogP contribution in [0.5, 0.6) is 11.5 Å². The smallest absolute Gasteiger partial charge is 0.257 e. The van der Waals surface area contributed by atoms with Gasteiger partial charge in [-0.15, -0.1) is 0 Å². The van der Waals surface area contributed by atoms with Crippen LogP contribution in [-0.4, -0.2) is 55.8 Å². The molecule has 5 rings (SSSR count). The zero-order chi connectivity index (χ0) is 20.6. The lowest BCUT2D eigenvalue weighted by atomic mass is 10.2. The first-order valence-corrected chi connectivity index (χ1v) is 11.0. The van der Waals surface area contributed by atoms with Gasteiger partial charge in [-0.1, -0.05) is 35.5 Å². The Kier molecular flexibility index (Phi) is 4.89. The maximum Gasteiger partial charge on any atom is 0.257 e. The molecule has 10 heteroatoms. The van der Waals surface area contributed by atoms with Gasteiger partial charge in [-0.25, -0.2) is 8.42 Å². The summed E-state index contributed by atoms with van der Waals surface area (Å²) < 4.78 is 49.8. The highest BCUT2D eigenvalue weighted by molar-refractivity contribution is 7.89. The number of hydrogen-bond acceptors (Lipinski definition) is 8. The number of rotatable bonds is 4. The molecule has 9 nitrogen and oxygen atoms in total. The average Bonchev–Trinajstić information content (AvgIpc) is 3.30. The first-order valence-electron chi connectivity index (χ1n) is 9.52. The van der Waals surface area contributed by atoms with Crippen molar-refractivity contribution in [1.82, 2.24) is 14.4 Å². The fourth-order valence-corrected chi connectivity index (χ4v) is 4.84. The van der Waals surface area contributed by atoms with Crippen molar-refractivity contribution in [3.8, 4) is 22.9 Å². The molecular formula is C20H19N3O6S. The van der Waals surface area contributed by atoms with Crippen molar-refractivity contribution in [1.29, 1.82) is 0 Å². The quantitative estimate of drug-likeness (QED) is 0.622. The Morgan fingerprint density at radius 2 is 1.77 bits per heavy atom. The largest absolute Gasteiger partial charge is 0.486 e. The van der Waals surface area contributed by atoms with Crippen molar-refractivity contribution in [3.05, 3.63) is 54.4 Å². The van der Waals surface area contributed by atoms with Gasteiger partial charge in [-0.05, 0) is 12.1 Å². The average molecular weight is 429 g/mol. The van der Waals surface area contributed by atoms with E-state index in [0.717, 1.165) is 5.56 Å². The summed E-state index contributed by atoms with van der Waals surface area (Å²) in [7, 11) is -3.75. The van der Waals surface area contributed by atoms with Gasteiger partial charge in [0.15, 0.2) is 17.6 Å². The van der Waals surface area contributed by atoms with E-state index in [4.69, 9.17) is 18.7 Å². The predicted octanol–water partition coefficient (Wildman–Crippen LogP) is 2.27. The topological polar surface area (TPSA) is 104 Å². The molecule has 156 valence electrons. The summed E-state index contributed by atoms with van der Waals surface area (Å²) in [6.07, 6.45) is -0.643. The lowest BCUT2D eigenvalue weighted by Gasteiger charge is -2.30. The van der Waals surface area contributed by atoms with Crippen molar-refractivity contribution in [3.63, 3.8) is 0 Å². The monoisotopic (exact) mass is 429 g/mol. The van der Waals surface area contributed by atoms with E-state index in [9.17, 15) is 8.42 Å². The zero-order valence-corrected chi connectivity index (χ0v) is 16.7. The van der Waals surface area contributed by atoms with Crippen LogP contribution in [-0.2, 0) is 14.8 Å². The van der Waals surface area contributed by atoms with E-state index in [1.54, 1.807) is 6.07 Å². The second-order valence-corrected chi connectivity index (χ2v) is 8.79. The van der Waals surface area contributed by atoms with Gasteiger partial charge in [-0.3, -0.25) is 0 Å². The van der Waals surface area contributed by atoms with Gasteiger partial charge in [0.05, 0.1) is 11.5 Å². The number of ether oxygens (including phenoxy) is 3. The van der Waals surface area contributed by atoms with Crippen LogP contribution in [0.15, 0.2) is 57.9 Å². The number of benzene rings is 2. The molecule has 1 fully saturated rings. The molecule has 0 saturated carbocycles. The zero-order valence-electron chi connectivity index (χ0n) is 15.9. The second kappa shape index (κ2) is 7.71. The summed E-state index contributed by atoms with van der Waals surface area (Å²) in [6.45, 7) is 1.36. The van der Waals surface area contributed by atoms with Crippen molar-refractivity contribution in [2.45, 2.75) is 11.0 Å². The third-order valence-electron chi connectivity index (χ3n) is 4.93. The van der Waals surface area contributed by atoms with Crippen LogP contribution in [0.3, 0.4) is 0 Å². The summed E-state index contributed by atoms with van der Waals surface area (Å²) in [5, 5.41) is 3.99. The van der Waals surface area contributed by atoms with Crippen LogP contribution in [0.1, 0.15) is 12.0 Å². The van der Waals surface area contributed by atoms with E-state index in [0.29, 0.717) is 30.5 Å². The Bertz CT molecular complexity index is 1150. The van der Waals surface area contributed by atoms with Crippen LogP contribution in [0.25, 0.3) is 11.4 Å². The Morgan fingerprint density at radius 3 is 2.60 bits per heavy atom. The molecule has 3 aromatic rings. The van der Waals surface area contributed by atoms with E-state index in [1.165, 1.54) is 16.4 Å². The molecule has 0 unspecified atom stereocenters. The summed E-state index contributed by atoms with van der Waals surface area (Å²) in [5.41, 5.74) is 0.809. The highest BCUT2D eigenvalue weighted by Gasteiger charge is 2.35. The Labute approximate surface area is 173 Å². The Hall–Kier alpha value is -2.95. The molecule has 0 amide bonds. The maximum absolute atomic E-state index is 13.2. The molecule has 0 spiro atoms. The highest BCUT2D eigenvalue weighted by atomic mass is 32.2. The fourth-order valence-electron chi connectivity index (χ4n) is 3.40. The van der Waals surface area contributed by atoms with Crippen LogP contribution in [0.2, 0.25) is 0 Å². The van der Waals surface area contributed by atoms with Crippen LogP contribution < -0.4 is 9.47 Å². The molecule has 2 aliphatic heterocycles. The van der Waals surface area contributed by atoms with Gasteiger partial charge in [0.25, 0.3) is 5.89 Å². The van der Waals surface area contributed by atoms with Gasteiger partial charge in [0.2, 0.25) is 15.8 Å². The van der Waals surface area contributed by atoms with Crippen molar-refractivity contribution in [2.24, 2.45) is 0 Å². The fraction of sp³-hybridized carbons (Fsp3) is 0.300. The van der Waals surface area contributed by atoms with Crippen molar-refractivity contribution in [2.75, 3.05) is 32.9 Å². The molecule has 0 radical (unpaired) electrons. The molecule has 0 aliphatic carbocycles. The number of sulfonamides is 1. The third-order valence-corrected chi connectivity index (χ3v) is 6.79. The van der Waals surface area contributed by atoms with E-state index in [-0.39, 0.29) is 30.5 Å². The molecule has 2 aliphatic rings. The van der Waals surface area contributed by atoms with E-state index >= 15 is 0 Å². The Balaban J connectivity index is 1.37. The van der Waals surface area contributed by atoms with E-state index in [2.05, 4.69) is 10.1 Å². The lowest BCUT2D eigenvalue weighted by molar-refractivity contribution is -0.0199. The predicted molar refractivity (Wildman–Crippen MR) is 105 cm³/mol. The van der Waals surface area contributed by atoms with Crippen molar-refractivity contribution < 1.29 is 27.2 Å². The van der Waals surface area contributed by atoms with Gasteiger partial charge >= 0.3 is 0 Å². The highest BCUT2D eigenvalue weighted by Crippen LogP contribution is 2.34. The first-order chi connectivity index (χ1) is 14.6. The van der Waals surface area contributed by atoms with Gasteiger partial charge in [-0.2, -0.15) is 9.29 Å². The number of nitrogens with zero attached hydrogens (tertiary/aromatic N) is 3. The van der Waals surface area contributed by atoms with Crippen LogP contribution in [0, 0.1) is 0 Å². The van der Waals surface area contributed by atoms with Crippen molar-refractivity contribution >= 4 is 10.0 Å². The summed E-state index contributed by atoms with van der Waals surface area (Å²) in [6, 6.07) is 14.0. The first kappa shape index (κ1) is 19.0. The normalized spacial score (nSPS) is 19.5. The Morgan fingerprint density at radius 1 is 0.967 bits per heavy atom. The van der Waals surface area contributed by atoms with Crippen LogP contribution >= 0.6 is 0 Å². The van der Waals surface area contributed by atoms with E-state index < -0.39 is 16.1 Å². The standard InChI is InChI=1S/C20H19N3O6S/c24-30(25,15-6-7-16-17(12-15)28-11-10-27-16)23-8-9-26-18(13-23)20-21-19(22-29-20)14-4-2-1-3-5-14/h1-7,12,18H,8-11,13H2/t18-/m1/s1. The molecule has 1 saturated heterocycles. The minimum absolute atomic E-state index is 0.0766. The molecular weight excluding hydrogens is 410 g/mol. The summed E-state index contributed by atoms with van der Waals surface area (Å²) in [5.74, 6) is 1.65. The lowest BCUT2D eigenvalue weighted by Crippen LogP contribution is -2.42. The SMILES string of the molecule is O=S(=O)(c1ccc2c(c1)OCCO2)N1CCO[C@@H](c2nc(-c3ccccc3)no2)C1. The number of morpholine rings is 1. The van der Waals surface area contributed by atoms with Crippen LogP contribution in [0.4, 0.5) is 0 Å². The van der Waals surface area contributed by atoms with E-state index in [1.807, 2.05) is 30.3 Å². The molecule has 30 heavy (non-hydrogen) atoms. The maximum atomic E-state index is 13.2. The molecule has 0 N–H and O–H groups in total. The third kappa shape index (κ3) is 3.53. The molecule has 0 bridgehead atoms. The van der Waals surface area contributed by atoms with Gasteiger partial charge < -0.3 is 18.7 Å². The van der Waals surface area contributed by atoms with Gasteiger partial charge in [0.1, 0.15) is 13.2 Å². The minimum atomic E-state index is -3.75. The number of aromatic nitrogens is 2.